The van der Waals surface area contributed by atoms with Crippen LogP contribution in [0.4, 0.5) is 10.6 Å². The zero-order chi connectivity index (χ0) is 23.8. The average Bonchev–Trinajstić information content (AvgIpc) is 3.29. The van der Waals surface area contributed by atoms with Gasteiger partial charge in [-0.2, -0.15) is 9.61 Å². The van der Waals surface area contributed by atoms with Crippen LogP contribution in [-0.2, 0) is 0 Å². The predicted molar refractivity (Wildman–Crippen MR) is 129 cm³/mol. The monoisotopic (exact) mass is 455 g/mol. The molecule has 0 saturated carbocycles. The Morgan fingerprint density at radius 2 is 1.74 bits per heavy atom. The van der Waals surface area contributed by atoms with E-state index in [0.717, 1.165) is 22.4 Å². The molecule has 4 N–H and O–H groups in total. The lowest BCUT2D eigenvalue weighted by molar-refractivity contribution is 0.101. The number of hydrogen-bond acceptors (Lipinski definition) is 6. The Bertz CT molecular complexity index is 1370. The van der Waals surface area contributed by atoms with Crippen LogP contribution >= 0.6 is 0 Å². The minimum absolute atomic E-state index is 0.0110. The number of Topliss-reactive ketones (excluding diaryl/α,β-unsaturated/α-hetero) is 1. The second-order valence-electron chi connectivity index (χ2n) is 8.50. The van der Waals surface area contributed by atoms with Gasteiger partial charge in [0.1, 0.15) is 5.82 Å². The van der Waals surface area contributed by atoms with Crippen LogP contribution in [0, 0.1) is 0 Å². The molecule has 1 saturated heterocycles. The van der Waals surface area contributed by atoms with E-state index in [2.05, 4.69) is 10.1 Å². The molecule has 172 valence electrons. The number of piperidine rings is 1. The van der Waals surface area contributed by atoms with Gasteiger partial charge in [0.2, 0.25) is 0 Å². The van der Waals surface area contributed by atoms with Crippen molar-refractivity contribution in [2.75, 3.05) is 18.8 Å². The predicted octanol–water partition coefficient (Wildman–Crippen LogP) is 3.50. The standard InChI is InChI=1S/C25H25N7O2/c1-15(33)21-22(17-9-11-31(12-10-17)25(27)34)30-24-19(14-29-32(24)23(21)26)18-7-8-20(28-13-18)16-5-3-2-4-6-16/h2-8,13-14,17H,9-12,26H2,1H3,(H2,27,34). The summed E-state index contributed by atoms with van der Waals surface area (Å²) < 4.78 is 1.51. The highest BCUT2D eigenvalue weighted by Crippen LogP contribution is 2.34. The Labute approximate surface area is 196 Å². The number of urea groups is 1. The lowest BCUT2D eigenvalue weighted by Gasteiger charge is -2.31. The molecular weight excluding hydrogens is 430 g/mol. The van der Waals surface area contributed by atoms with Crippen LogP contribution < -0.4 is 11.5 Å². The number of anilines is 1. The Morgan fingerprint density at radius 1 is 1.00 bits per heavy atom. The summed E-state index contributed by atoms with van der Waals surface area (Å²) in [5, 5.41) is 4.42. The quantitative estimate of drug-likeness (QED) is 0.453. The smallest absolute Gasteiger partial charge is 0.314 e. The maximum Gasteiger partial charge on any atom is 0.314 e. The van der Waals surface area contributed by atoms with E-state index < -0.39 is 6.03 Å². The number of fused-ring (bicyclic) bond motifs is 1. The summed E-state index contributed by atoms with van der Waals surface area (Å²) in [6, 6.07) is 13.5. The van der Waals surface area contributed by atoms with Gasteiger partial charge in [-0.1, -0.05) is 36.4 Å². The van der Waals surface area contributed by atoms with Crippen molar-refractivity contribution in [3.63, 3.8) is 0 Å². The topological polar surface area (TPSA) is 132 Å². The Hall–Kier alpha value is -4.27. The van der Waals surface area contributed by atoms with Crippen LogP contribution in [0.15, 0.2) is 54.9 Å². The zero-order valence-corrected chi connectivity index (χ0v) is 18.8. The third-order valence-corrected chi connectivity index (χ3v) is 6.40. The third-order valence-electron chi connectivity index (χ3n) is 6.40. The molecule has 5 rings (SSSR count). The molecule has 0 aliphatic carbocycles. The highest BCUT2D eigenvalue weighted by Gasteiger charge is 2.29. The summed E-state index contributed by atoms with van der Waals surface area (Å²) in [4.78, 5) is 35.2. The lowest BCUT2D eigenvalue weighted by atomic mass is 9.89. The summed E-state index contributed by atoms with van der Waals surface area (Å²) in [5.74, 6) is 0.0956. The van der Waals surface area contributed by atoms with Crippen LogP contribution in [0.5, 0.6) is 0 Å². The van der Waals surface area contributed by atoms with Gasteiger partial charge in [-0.25, -0.2) is 9.78 Å². The molecule has 4 aromatic rings. The molecule has 2 amide bonds. The molecule has 0 radical (unpaired) electrons. The zero-order valence-electron chi connectivity index (χ0n) is 18.8. The highest BCUT2D eigenvalue weighted by atomic mass is 16.2. The van der Waals surface area contributed by atoms with Gasteiger partial charge in [0.15, 0.2) is 11.4 Å². The number of primary amides is 1. The SMILES string of the molecule is CC(=O)c1c(C2CCN(C(N)=O)CC2)nc2c(-c3ccc(-c4ccccc4)nc3)cnn2c1N. The van der Waals surface area contributed by atoms with Gasteiger partial charge in [0.05, 0.1) is 23.1 Å². The van der Waals surface area contributed by atoms with Crippen LogP contribution in [-0.4, -0.2) is 49.4 Å². The van der Waals surface area contributed by atoms with Gasteiger partial charge in [-0.05, 0) is 25.8 Å². The van der Waals surface area contributed by atoms with Crippen LogP contribution in [0.25, 0.3) is 28.0 Å². The van der Waals surface area contributed by atoms with Crippen molar-refractivity contribution < 1.29 is 9.59 Å². The number of nitrogens with two attached hydrogens (primary N) is 2. The van der Waals surface area contributed by atoms with Gasteiger partial charge in [-0.3, -0.25) is 9.78 Å². The van der Waals surface area contributed by atoms with E-state index in [9.17, 15) is 9.59 Å². The number of carbonyl (C=O) groups excluding carboxylic acids is 2. The first kappa shape index (κ1) is 21.6. The number of carbonyl (C=O) groups is 2. The number of likely N-dealkylation sites (tertiary alicyclic amines) is 1. The van der Waals surface area contributed by atoms with E-state index in [4.69, 9.17) is 16.5 Å². The fraction of sp³-hybridized carbons (Fsp3) is 0.240. The molecule has 1 aromatic carbocycles. The maximum absolute atomic E-state index is 12.5. The third kappa shape index (κ3) is 3.75. The van der Waals surface area contributed by atoms with Crippen molar-refractivity contribution in [1.29, 1.82) is 0 Å². The molecule has 1 aliphatic heterocycles. The Balaban J connectivity index is 1.56. The van der Waals surface area contributed by atoms with E-state index >= 15 is 0 Å². The fourth-order valence-electron chi connectivity index (χ4n) is 4.60. The van der Waals surface area contributed by atoms with Crippen molar-refractivity contribution in [1.82, 2.24) is 24.5 Å². The molecule has 9 nitrogen and oxygen atoms in total. The second kappa shape index (κ2) is 8.58. The molecule has 0 atom stereocenters. The molecule has 1 fully saturated rings. The molecule has 3 aromatic heterocycles. The van der Waals surface area contributed by atoms with Crippen LogP contribution in [0.2, 0.25) is 0 Å². The summed E-state index contributed by atoms with van der Waals surface area (Å²) in [6.45, 7) is 2.51. The molecule has 1 aliphatic rings. The number of ketones is 1. The van der Waals surface area contributed by atoms with Crippen molar-refractivity contribution in [3.05, 3.63) is 66.1 Å². The van der Waals surface area contributed by atoms with Crippen LogP contribution in [0.3, 0.4) is 0 Å². The summed E-state index contributed by atoms with van der Waals surface area (Å²) in [7, 11) is 0. The van der Waals surface area contributed by atoms with E-state index in [1.54, 1.807) is 17.3 Å². The average molecular weight is 456 g/mol. The molecule has 0 bridgehead atoms. The first-order valence-corrected chi connectivity index (χ1v) is 11.2. The van der Waals surface area contributed by atoms with Crippen LogP contribution in [0.1, 0.15) is 41.7 Å². The number of amides is 2. The summed E-state index contributed by atoms with van der Waals surface area (Å²) >= 11 is 0. The van der Waals surface area contributed by atoms with Gasteiger partial charge < -0.3 is 16.4 Å². The number of benzene rings is 1. The minimum atomic E-state index is -0.433. The fourth-order valence-corrected chi connectivity index (χ4v) is 4.60. The van der Waals surface area contributed by atoms with Crippen molar-refractivity contribution >= 4 is 23.3 Å². The molecular formula is C25H25N7O2. The molecule has 0 unspecified atom stereocenters. The summed E-state index contributed by atoms with van der Waals surface area (Å²) in [6.07, 6.45) is 4.80. The van der Waals surface area contributed by atoms with Gasteiger partial charge in [0.25, 0.3) is 0 Å². The first-order chi connectivity index (χ1) is 16.4. The Morgan fingerprint density at radius 3 is 2.35 bits per heavy atom. The number of aromatic nitrogens is 4. The molecule has 9 heteroatoms. The van der Waals surface area contributed by atoms with E-state index in [1.807, 2.05) is 42.5 Å². The van der Waals surface area contributed by atoms with E-state index in [-0.39, 0.29) is 17.5 Å². The van der Waals surface area contributed by atoms with Crippen molar-refractivity contribution in [3.8, 4) is 22.4 Å². The minimum Gasteiger partial charge on any atom is -0.383 e. The molecule has 4 heterocycles. The maximum atomic E-state index is 12.5. The van der Waals surface area contributed by atoms with Gasteiger partial charge in [-0.15, -0.1) is 0 Å². The van der Waals surface area contributed by atoms with Crippen molar-refractivity contribution in [2.24, 2.45) is 5.73 Å². The number of nitrogen functional groups attached to an aromatic ring is 1. The first-order valence-electron chi connectivity index (χ1n) is 11.2. The number of pyridine rings is 1. The molecule has 34 heavy (non-hydrogen) atoms. The number of nitrogens with zero attached hydrogens (tertiary/aromatic N) is 5. The normalized spacial score (nSPS) is 14.4. The highest BCUT2D eigenvalue weighted by molar-refractivity contribution is 6.00. The lowest BCUT2D eigenvalue weighted by Crippen LogP contribution is -2.41. The van der Waals surface area contributed by atoms with E-state index in [1.165, 1.54) is 11.4 Å². The number of hydrogen-bond donors (Lipinski definition) is 2. The van der Waals surface area contributed by atoms with Gasteiger partial charge in [0, 0.05) is 41.9 Å². The van der Waals surface area contributed by atoms with Crippen molar-refractivity contribution in [2.45, 2.75) is 25.7 Å². The Kier molecular flexibility index (Phi) is 5.45. The second-order valence-corrected chi connectivity index (χ2v) is 8.50. The summed E-state index contributed by atoms with van der Waals surface area (Å²) in [5.41, 5.74) is 17.0. The van der Waals surface area contributed by atoms with Gasteiger partial charge >= 0.3 is 6.03 Å². The number of rotatable bonds is 4. The molecule has 0 spiro atoms. The largest absolute Gasteiger partial charge is 0.383 e. The van der Waals surface area contributed by atoms with E-state index in [0.29, 0.717) is 42.8 Å².